The summed E-state index contributed by atoms with van der Waals surface area (Å²) in [5.41, 5.74) is 6.03. The number of hydrogen-bond donors (Lipinski definition) is 1. The maximum absolute atomic E-state index is 5.85. The monoisotopic (exact) mass is 179 g/mol. The van der Waals surface area contributed by atoms with Gasteiger partial charge in [-0.1, -0.05) is 0 Å². The molecule has 0 spiro atoms. The summed E-state index contributed by atoms with van der Waals surface area (Å²) in [5.74, 6) is 6.11. The molecule has 2 saturated heterocycles. The highest BCUT2D eigenvalue weighted by Crippen LogP contribution is 2.48. The molecule has 0 aromatic heterocycles. The van der Waals surface area contributed by atoms with Gasteiger partial charge in [-0.25, -0.2) is 0 Å². The van der Waals surface area contributed by atoms with Gasteiger partial charge in [0, 0.05) is 18.4 Å². The summed E-state index contributed by atoms with van der Waals surface area (Å²) in [6.45, 7) is 2.61. The first-order valence-electron chi connectivity index (χ1n) is 5.06. The number of hydrogen-bond acceptors (Lipinski definition) is 2. The fourth-order valence-electron chi connectivity index (χ4n) is 2.63. The Kier molecular flexibility index (Phi) is 2.31. The maximum atomic E-state index is 5.85. The first-order chi connectivity index (χ1) is 6.30. The molecule has 13 heavy (non-hydrogen) atoms. The molecule has 2 rings (SSSR count). The molecule has 2 bridgehead atoms. The summed E-state index contributed by atoms with van der Waals surface area (Å²) in [6, 6.07) is 0. The van der Waals surface area contributed by atoms with Crippen LogP contribution in [0.2, 0.25) is 0 Å². The highest BCUT2D eigenvalue weighted by molar-refractivity contribution is 5.09. The highest BCUT2D eigenvalue weighted by atomic mass is 16.5. The van der Waals surface area contributed by atoms with Crippen molar-refractivity contribution < 1.29 is 4.74 Å². The van der Waals surface area contributed by atoms with E-state index < -0.39 is 0 Å². The molecular formula is C11H17NO. The van der Waals surface area contributed by atoms with Gasteiger partial charge in [0.25, 0.3) is 0 Å². The smallest absolute Gasteiger partial charge is 0.0658 e. The van der Waals surface area contributed by atoms with Crippen molar-refractivity contribution in [3.05, 3.63) is 0 Å². The third-order valence-electron chi connectivity index (χ3n) is 3.45. The van der Waals surface area contributed by atoms with Crippen molar-refractivity contribution >= 4 is 0 Å². The minimum absolute atomic E-state index is 0.186. The van der Waals surface area contributed by atoms with Crippen molar-refractivity contribution in [1.82, 2.24) is 0 Å². The Hall–Kier alpha value is -0.520. The van der Waals surface area contributed by atoms with Crippen LogP contribution in [0, 0.1) is 17.3 Å². The van der Waals surface area contributed by atoms with Crippen LogP contribution in [0.1, 0.15) is 32.6 Å². The van der Waals surface area contributed by atoms with Gasteiger partial charge in [-0.05, 0) is 26.2 Å². The molecule has 2 heterocycles. The summed E-state index contributed by atoms with van der Waals surface area (Å²) < 4.78 is 5.83. The second-order valence-electron chi connectivity index (χ2n) is 4.20. The first-order valence-corrected chi connectivity index (χ1v) is 5.06. The predicted molar refractivity (Wildman–Crippen MR) is 52.1 cm³/mol. The van der Waals surface area contributed by atoms with E-state index in [4.69, 9.17) is 10.5 Å². The summed E-state index contributed by atoms with van der Waals surface area (Å²) >= 11 is 0. The third-order valence-corrected chi connectivity index (χ3v) is 3.45. The average Bonchev–Trinajstić information content (AvgIpc) is 2.74. The van der Waals surface area contributed by atoms with Gasteiger partial charge in [-0.15, -0.1) is 11.8 Å². The minimum atomic E-state index is 0.186. The van der Waals surface area contributed by atoms with Gasteiger partial charge in [0.2, 0.25) is 0 Å². The minimum Gasteiger partial charge on any atom is -0.374 e. The maximum Gasteiger partial charge on any atom is 0.0658 e. The molecule has 3 atom stereocenters. The van der Waals surface area contributed by atoms with Crippen LogP contribution >= 0.6 is 0 Å². The largest absolute Gasteiger partial charge is 0.374 e. The standard InChI is InChI=1S/C11H17NO/c1-2-3-6-11(8-12)7-9-4-5-10(11)13-9/h9-10H,4-8,12H2,1H3. The van der Waals surface area contributed by atoms with E-state index in [0.717, 1.165) is 19.4 Å². The van der Waals surface area contributed by atoms with Crippen LogP contribution in [0.15, 0.2) is 0 Å². The molecular weight excluding hydrogens is 162 g/mol. The summed E-state index contributed by atoms with van der Waals surface area (Å²) in [6.07, 6.45) is 5.33. The zero-order valence-electron chi connectivity index (χ0n) is 8.18. The Labute approximate surface area is 79.8 Å². The fraction of sp³-hybridized carbons (Fsp3) is 0.818. The molecule has 2 fully saturated rings. The van der Waals surface area contributed by atoms with Crippen LogP contribution in [0.25, 0.3) is 0 Å². The number of ether oxygens (including phenoxy) is 1. The Balaban J connectivity index is 2.10. The van der Waals surface area contributed by atoms with E-state index in [0.29, 0.717) is 12.2 Å². The van der Waals surface area contributed by atoms with Gasteiger partial charge in [0.05, 0.1) is 12.2 Å². The molecule has 72 valence electrons. The number of fused-ring (bicyclic) bond motifs is 2. The van der Waals surface area contributed by atoms with Crippen LogP contribution in [-0.4, -0.2) is 18.8 Å². The molecule has 2 aliphatic rings. The molecule has 2 nitrogen and oxygen atoms in total. The zero-order chi connectivity index (χ0) is 9.31. The topological polar surface area (TPSA) is 35.2 Å². The van der Waals surface area contributed by atoms with E-state index in [1.54, 1.807) is 0 Å². The molecule has 2 N–H and O–H groups in total. The van der Waals surface area contributed by atoms with Gasteiger partial charge in [0.1, 0.15) is 0 Å². The molecule has 0 aromatic carbocycles. The number of nitrogens with two attached hydrogens (primary N) is 1. The van der Waals surface area contributed by atoms with E-state index in [1.807, 2.05) is 6.92 Å². The number of rotatable bonds is 2. The van der Waals surface area contributed by atoms with E-state index in [1.165, 1.54) is 12.8 Å². The van der Waals surface area contributed by atoms with Gasteiger partial charge in [-0.2, -0.15) is 0 Å². The van der Waals surface area contributed by atoms with E-state index in [9.17, 15) is 0 Å². The van der Waals surface area contributed by atoms with Crippen molar-refractivity contribution in [2.45, 2.75) is 44.8 Å². The van der Waals surface area contributed by atoms with Crippen LogP contribution in [0.4, 0.5) is 0 Å². The average molecular weight is 179 g/mol. The van der Waals surface area contributed by atoms with Gasteiger partial charge in [-0.3, -0.25) is 0 Å². The van der Waals surface area contributed by atoms with Gasteiger partial charge < -0.3 is 10.5 Å². The molecule has 0 aliphatic carbocycles. The van der Waals surface area contributed by atoms with Crippen molar-refractivity contribution in [2.24, 2.45) is 11.1 Å². The third kappa shape index (κ3) is 1.37. The van der Waals surface area contributed by atoms with Crippen molar-refractivity contribution in [3.8, 4) is 11.8 Å². The molecule has 0 amide bonds. The van der Waals surface area contributed by atoms with E-state index in [-0.39, 0.29) is 5.41 Å². The fourth-order valence-corrected chi connectivity index (χ4v) is 2.63. The molecule has 0 radical (unpaired) electrons. The van der Waals surface area contributed by atoms with Crippen LogP contribution in [0.3, 0.4) is 0 Å². The van der Waals surface area contributed by atoms with Crippen LogP contribution in [0.5, 0.6) is 0 Å². The van der Waals surface area contributed by atoms with Crippen LogP contribution < -0.4 is 5.73 Å². The van der Waals surface area contributed by atoms with Crippen molar-refractivity contribution in [2.75, 3.05) is 6.54 Å². The lowest BCUT2D eigenvalue weighted by atomic mass is 9.72. The molecule has 2 heteroatoms. The normalized spacial score (nSPS) is 41.7. The molecule has 2 aliphatic heterocycles. The SMILES string of the molecule is CC#CCC1(CN)CC2CCC1O2. The van der Waals surface area contributed by atoms with E-state index in [2.05, 4.69) is 11.8 Å². The van der Waals surface area contributed by atoms with Gasteiger partial charge >= 0.3 is 0 Å². The Morgan fingerprint density at radius 1 is 1.54 bits per heavy atom. The van der Waals surface area contributed by atoms with Crippen molar-refractivity contribution in [3.63, 3.8) is 0 Å². The van der Waals surface area contributed by atoms with Crippen LogP contribution in [-0.2, 0) is 4.74 Å². The molecule has 3 unspecified atom stereocenters. The zero-order valence-corrected chi connectivity index (χ0v) is 8.18. The van der Waals surface area contributed by atoms with Crippen molar-refractivity contribution in [1.29, 1.82) is 0 Å². The quantitative estimate of drug-likeness (QED) is 0.648. The summed E-state index contributed by atoms with van der Waals surface area (Å²) in [5, 5.41) is 0. The molecule has 0 aromatic rings. The second kappa shape index (κ2) is 3.32. The Morgan fingerprint density at radius 2 is 2.38 bits per heavy atom. The predicted octanol–water partition coefficient (Wildman–Crippen LogP) is 1.30. The lowest BCUT2D eigenvalue weighted by Gasteiger charge is -2.32. The first kappa shape index (κ1) is 9.05. The second-order valence-corrected chi connectivity index (χ2v) is 4.20. The summed E-state index contributed by atoms with van der Waals surface area (Å²) in [4.78, 5) is 0. The lowest BCUT2D eigenvalue weighted by Crippen LogP contribution is -2.39. The summed E-state index contributed by atoms with van der Waals surface area (Å²) in [7, 11) is 0. The Bertz CT molecular complexity index is 253. The lowest BCUT2D eigenvalue weighted by molar-refractivity contribution is 0.0655. The highest BCUT2D eigenvalue weighted by Gasteiger charge is 2.50. The van der Waals surface area contributed by atoms with Gasteiger partial charge in [0.15, 0.2) is 0 Å². The Morgan fingerprint density at radius 3 is 2.85 bits per heavy atom. The molecule has 0 saturated carbocycles. The van der Waals surface area contributed by atoms with E-state index >= 15 is 0 Å².